The molecule has 1 saturated heterocycles. The van der Waals surface area contributed by atoms with E-state index in [0.29, 0.717) is 24.7 Å². The fourth-order valence-corrected chi connectivity index (χ4v) is 4.28. The largest absolute Gasteiger partial charge is 0.477 e. The highest BCUT2D eigenvalue weighted by atomic mass is 19.1. The number of pyridine rings is 2. The van der Waals surface area contributed by atoms with Crippen LogP contribution in [0.4, 0.5) is 9.18 Å². The summed E-state index contributed by atoms with van der Waals surface area (Å²) in [6.07, 6.45) is 4.35. The molecule has 4 rings (SSSR count). The molecule has 3 heterocycles. The third-order valence-electron chi connectivity index (χ3n) is 6.22. The van der Waals surface area contributed by atoms with Crippen LogP contribution in [0.15, 0.2) is 17.1 Å². The second-order valence-corrected chi connectivity index (χ2v) is 10.2. The van der Waals surface area contributed by atoms with Crippen molar-refractivity contribution < 1.29 is 23.8 Å². The Kier molecular flexibility index (Phi) is 6.62. The summed E-state index contributed by atoms with van der Waals surface area (Å²) in [6.45, 7) is 7.75. The first-order valence-electron chi connectivity index (χ1n) is 11.7. The van der Waals surface area contributed by atoms with Crippen LogP contribution in [-0.2, 0) is 11.3 Å². The van der Waals surface area contributed by atoms with Crippen LogP contribution in [0.5, 0.6) is 0 Å². The zero-order valence-corrected chi connectivity index (χ0v) is 19.8. The van der Waals surface area contributed by atoms with Gasteiger partial charge in [-0.05, 0) is 71.5 Å². The summed E-state index contributed by atoms with van der Waals surface area (Å²) >= 11 is 0. The van der Waals surface area contributed by atoms with Crippen molar-refractivity contribution in [1.82, 2.24) is 19.8 Å². The Morgan fingerprint density at radius 2 is 1.91 bits per heavy atom. The van der Waals surface area contributed by atoms with Crippen molar-refractivity contribution in [2.24, 2.45) is 5.92 Å². The second-order valence-electron chi connectivity index (χ2n) is 10.2. The molecule has 184 valence electrons. The molecule has 2 aromatic heterocycles. The number of hydrogen-bond donors (Lipinski definition) is 2. The van der Waals surface area contributed by atoms with Crippen molar-refractivity contribution in [3.8, 4) is 0 Å². The molecule has 0 bridgehead atoms. The maximum atomic E-state index is 14.9. The van der Waals surface area contributed by atoms with Gasteiger partial charge in [-0.1, -0.05) is 0 Å². The van der Waals surface area contributed by atoms with Gasteiger partial charge in [-0.15, -0.1) is 0 Å². The number of aromatic carboxylic acids is 1. The normalized spacial score (nSPS) is 17.6. The summed E-state index contributed by atoms with van der Waals surface area (Å²) in [4.78, 5) is 42.5. The van der Waals surface area contributed by atoms with Crippen LogP contribution in [0.1, 0.15) is 68.5 Å². The molecule has 1 amide bonds. The molecular formula is C24H31FN4O5. The van der Waals surface area contributed by atoms with E-state index < -0.39 is 28.9 Å². The minimum absolute atomic E-state index is 0.0000227. The molecule has 1 aliphatic heterocycles. The number of alkyl carbamates (subject to hydrolysis) is 1. The third kappa shape index (κ3) is 5.55. The summed E-state index contributed by atoms with van der Waals surface area (Å²) in [7, 11) is 0. The number of carbonyl (C=O) groups excluding carboxylic acids is 1. The topological polar surface area (TPSA) is 114 Å². The molecular weight excluding hydrogens is 443 g/mol. The van der Waals surface area contributed by atoms with Crippen LogP contribution in [0.2, 0.25) is 0 Å². The fraction of sp³-hybridized carbons (Fsp3) is 0.583. The molecule has 2 aromatic rings. The van der Waals surface area contributed by atoms with Gasteiger partial charge in [0.2, 0.25) is 5.43 Å². The first kappa shape index (κ1) is 24.1. The van der Waals surface area contributed by atoms with E-state index in [1.54, 1.807) is 4.57 Å². The fourth-order valence-electron chi connectivity index (χ4n) is 4.28. The molecule has 2 fully saturated rings. The van der Waals surface area contributed by atoms with Crippen LogP contribution < -0.4 is 10.7 Å². The molecule has 0 atom stereocenters. The number of ether oxygens (including phenoxy) is 1. The number of aromatic nitrogens is 2. The van der Waals surface area contributed by atoms with E-state index in [0.717, 1.165) is 44.8 Å². The van der Waals surface area contributed by atoms with E-state index >= 15 is 0 Å². The Balaban J connectivity index is 1.43. The number of carbonyl (C=O) groups is 2. The van der Waals surface area contributed by atoms with Gasteiger partial charge in [0.05, 0.1) is 11.1 Å². The van der Waals surface area contributed by atoms with Crippen molar-refractivity contribution in [2.45, 2.75) is 64.6 Å². The summed E-state index contributed by atoms with van der Waals surface area (Å²) in [6, 6.07) is 1.21. The summed E-state index contributed by atoms with van der Waals surface area (Å²) in [5.41, 5.74) is -1.03. The van der Waals surface area contributed by atoms with Gasteiger partial charge in [0.15, 0.2) is 0 Å². The van der Waals surface area contributed by atoms with Gasteiger partial charge in [-0.25, -0.2) is 19.0 Å². The smallest absolute Gasteiger partial charge is 0.407 e. The number of carboxylic acids is 1. The van der Waals surface area contributed by atoms with Crippen LogP contribution in [0.3, 0.4) is 0 Å². The molecule has 9 nitrogen and oxygen atoms in total. The third-order valence-corrected chi connectivity index (χ3v) is 6.22. The van der Waals surface area contributed by atoms with Gasteiger partial charge in [0, 0.05) is 25.3 Å². The zero-order chi connectivity index (χ0) is 24.6. The number of rotatable bonds is 6. The molecule has 0 radical (unpaired) electrons. The van der Waals surface area contributed by atoms with E-state index in [1.165, 1.54) is 6.20 Å². The minimum Gasteiger partial charge on any atom is -0.477 e. The number of hydrogen-bond acceptors (Lipinski definition) is 6. The van der Waals surface area contributed by atoms with Crippen molar-refractivity contribution in [3.05, 3.63) is 39.6 Å². The lowest BCUT2D eigenvalue weighted by Crippen LogP contribution is -2.40. The van der Waals surface area contributed by atoms with E-state index in [4.69, 9.17) is 4.74 Å². The predicted molar refractivity (Wildman–Crippen MR) is 123 cm³/mol. The number of halogens is 1. The monoisotopic (exact) mass is 474 g/mol. The molecule has 0 spiro atoms. The number of carboxylic acid groups (broad SMARTS) is 1. The lowest BCUT2D eigenvalue weighted by molar-refractivity contribution is 0.0508. The molecule has 0 aromatic carbocycles. The number of fused-ring (bicyclic) bond motifs is 1. The van der Waals surface area contributed by atoms with Crippen molar-refractivity contribution in [2.75, 3.05) is 19.6 Å². The Labute approximate surface area is 196 Å². The van der Waals surface area contributed by atoms with E-state index in [2.05, 4.69) is 15.2 Å². The molecule has 10 heteroatoms. The van der Waals surface area contributed by atoms with Crippen molar-refractivity contribution in [3.63, 3.8) is 0 Å². The number of likely N-dealkylation sites (tertiary alicyclic amines) is 1. The van der Waals surface area contributed by atoms with Gasteiger partial charge in [0.1, 0.15) is 22.6 Å². The van der Waals surface area contributed by atoms with Gasteiger partial charge < -0.3 is 19.7 Å². The second kappa shape index (κ2) is 9.32. The SMILES string of the molecule is CC(C)(C)OC(=O)NCC1CCN(Cc2nc3c(cc2F)c(=O)c(C(=O)O)cn3C2CC2)CC1. The van der Waals surface area contributed by atoms with E-state index in [1.807, 2.05) is 20.8 Å². The zero-order valence-electron chi connectivity index (χ0n) is 19.8. The van der Waals surface area contributed by atoms with Gasteiger partial charge >= 0.3 is 12.1 Å². The van der Waals surface area contributed by atoms with Crippen molar-refractivity contribution in [1.29, 1.82) is 0 Å². The Hall–Kier alpha value is -3.01. The average Bonchev–Trinajstić information content (AvgIpc) is 3.58. The summed E-state index contributed by atoms with van der Waals surface area (Å²) < 4.78 is 21.9. The van der Waals surface area contributed by atoms with Crippen LogP contribution in [0, 0.1) is 11.7 Å². The standard InChI is InChI=1S/C24H31FN4O5/c1-24(2,3)34-23(33)26-11-14-6-8-28(9-7-14)13-19-18(25)10-16-20(30)17(22(31)32)12-29(15-4-5-15)21(16)27-19/h10,12,14-15H,4-9,11,13H2,1-3H3,(H,26,33)(H,31,32). The van der Waals surface area contributed by atoms with Crippen LogP contribution in [-0.4, -0.2) is 56.9 Å². The molecule has 34 heavy (non-hydrogen) atoms. The highest BCUT2D eigenvalue weighted by molar-refractivity contribution is 5.91. The predicted octanol–water partition coefficient (Wildman–Crippen LogP) is 3.31. The first-order chi connectivity index (χ1) is 16.0. The Bertz CT molecular complexity index is 1160. The number of nitrogens with one attached hydrogen (secondary N) is 1. The highest BCUT2D eigenvalue weighted by Gasteiger charge is 2.29. The molecule has 2 aliphatic rings. The maximum absolute atomic E-state index is 14.9. The van der Waals surface area contributed by atoms with Gasteiger partial charge in [0.25, 0.3) is 0 Å². The van der Waals surface area contributed by atoms with E-state index in [9.17, 15) is 23.9 Å². The number of piperidine rings is 1. The quantitative estimate of drug-likeness (QED) is 0.660. The first-order valence-corrected chi connectivity index (χ1v) is 11.7. The summed E-state index contributed by atoms with van der Waals surface area (Å²) in [5, 5.41) is 12.2. The van der Waals surface area contributed by atoms with Gasteiger partial charge in [-0.2, -0.15) is 0 Å². The lowest BCUT2D eigenvalue weighted by Gasteiger charge is -2.32. The summed E-state index contributed by atoms with van der Waals surface area (Å²) in [5.74, 6) is -1.62. The average molecular weight is 475 g/mol. The minimum atomic E-state index is -1.32. The molecule has 2 N–H and O–H groups in total. The Morgan fingerprint density at radius 1 is 1.24 bits per heavy atom. The maximum Gasteiger partial charge on any atom is 0.407 e. The molecule has 1 saturated carbocycles. The van der Waals surface area contributed by atoms with E-state index in [-0.39, 0.29) is 22.7 Å². The number of amides is 1. The highest BCUT2D eigenvalue weighted by Crippen LogP contribution is 2.36. The van der Waals surface area contributed by atoms with Gasteiger partial charge in [-0.3, -0.25) is 9.69 Å². The van der Waals surface area contributed by atoms with Crippen LogP contribution >= 0.6 is 0 Å². The Morgan fingerprint density at radius 3 is 2.50 bits per heavy atom. The number of nitrogens with zero attached hydrogens (tertiary/aromatic N) is 3. The molecule has 1 aliphatic carbocycles. The lowest BCUT2D eigenvalue weighted by atomic mass is 9.96. The molecule has 0 unspecified atom stereocenters. The van der Waals surface area contributed by atoms with Crippen molar-refractivity contribution >= 4 is 23.1 Å². The van der Waals surface area contributed by atoms with Crippen LogP contribution in [0.25, 0.3) is 11.0 Å².